The highest BCUT2D eigenvalue weighted by Gasteiger charge is 2.15. The Kier molecular flexibility index (Phi) is 5.47. The number of nitrogens with zero attached hydrogens (tertiary/aromatic N) is 1. The maximum atomic E-state index is 9.86. The minimum Gasteiger partial charge on any atom is -0.508 e. The third-order valence-corrected chi connectivity index (χ3v) is 3.02. The van der Waals surface area contributed by atoms with Crippen molar-refractivity contribution in [3.63, 3.8) is 0 Å². The number of benzene rings is 1. The molecule has 0 saturated carbocycles. The number of phenols is 1. The first-order valence-electron chi connectivity index (χ1n) is 6.12. The maximum Gasteiger partial charge on any atom is 0.120 e. The number of nitriles is 1. The van der Waals surface area contributed by atoms with Crippen molar-refractivity contribution in [2.75, 3.05) is 7.11 Å². The summed E-state index contributed by atoms with van der Waals surface area (Å²) in [5.74, 6) is 0.951. The number of phenolic OH excluding ortho intramolecular Hbond substituents is 1. The van der Waals surface area contributed by atoms with Gasteiger partial charge in [-0.1, -0.05) is 6.92 Å². The molecular formula is C14H20N2O2. The molecule has 4 heteroatoms. The second-order valence-corrected chi connectivity index (χ2v) is 4.28. The maximum absolute atomic E-state index is 9.86. The van der Waals surface area contributed by atoms with Crippen LogP contribution in [-0.2, 0) is 0 Å². The quantitative estimate of drug-likeness (QED) is 0.812. The molecule has 98 valence electrons. The number of ether oxygens (including phenoxy) is 1. The van der Waals surface area contributed by atoms with E-state index >= 15 is 0 Å². The van der Waals surface area contributed by atoms with Crippen LogP contribution < -0.4 is 10.1 Å². The van der Waals surface area contributed by atoms with Crippen LogP contribution in [0.1, 0.15) is 38.3 Å². The fourth-order valence-electron chi connectivity index (χ4n) is 1.88. The molecule has 2 N–H and O–H groups in total. The van der Waals surface area contributed by atoms with E-state index in [-0.39, 0.29) is 17.8 Å². The number of rotatable bonds is 6. The largest absolute Gasteiger partial charge is 0.508 e. The smallest absolute Gasteiger partial charge is 0.120 e. The molecule has 1 aromatic carbocycles. The second kappa shape index (κ2) is 6.87. The molecular weight excluding hydrogens is 228 g/mol. The Bertz CT molecular complexity index is 426. The van der Waals surface area contributed by atoms with E-state index in [4.69, 9.17) is 10.00 Å². The van der Waals surface area contributed by atoms with Crippen molar-refractivity contribution in [2.24, 2.45) is 0 Å². The van der Waals surface area contributed by atoms with Crippen molar-refractivity contribution < 1.29 is 9.84 Å². The summed E-state index contributed by atoms with van der Waals surface area (Å²) in [6, 6.07) is 7.42. The summed E-state index contributed by atoms with van der Waals surface area (Å²) in [5.41, 5.74) is 0.783. The van der Waals surface area contributed by atoms with Crippen molar-refractivity contribution in [3.05, 3.63) is 23.8 Å². The fraction of sp³-hybridized carbons (Fsp3) is 0.500. The standard InChI is InChI=1S/C14H20N2O2/c1-4-11(7-8-15)16-10(2)13-9-12(18-3)5-6-14(13)17/h5-6,9-11,16-17H,4,7H2,1-3H3. The third kappa shape index (κ3) is 3.64. The Hall–Kier alpha value is -1.73. The molecule has 0 fully saturated rings. The number of methoxy groups -OCH3 is 1. The van der Waals surface area contributed by atoms with E-state index in [9.17, 15) is 5.11 Å². The molecule has 0 radical (unpaired) electrons. The molecule has 0 bridgehead atoms. The van der Waals surface area contributed by atoms with E-state index in [1.54, 1.807) is 19.2 Å². The van der Waals surface area contributed by atoms with Gasteiger partial charge in [-0.2, -0.15) is 5.26 Å². The summed E-state index contributed by atoms with van der Waals surface area (Å²) in [7, 11) is 1.60. The van der Waals surface area contributed by atoms with E-state index < -0.39 is 0 Å². The van der Waals surface area contributed by atoms with Crippen molar-refractivity contribution in [1.82, 2.24) is 5.32 Å². The fourth-order valence-corrected chi connectivity index (χ4v) is 1.88. The summed E-state index contributed by atoms with van der Waals surface area (Å²) in [5, 5.41) is 21.9. The van der Waals surface area contributed by atoms with Crippen molar-refractivity contribution in [1.29, 1.82) is 5.26 Å². The van der Waals surface area contributed by atoms with Crippen molar-refractivity contribution >= 4 is 0 Å². The lowest BCUT2D eigenvalue weighted by molar-refractivity contribution is 0.400. The van der Waals surface area contributed by atoms with Crippen molar-refractivity contribution in [3.8, 4) is 17.6 Å². The Morgan fingerprint density at radius 2 is 2.22 bits per heavy atom. The summed E-state index contributed by atoms with van der Waals surface area (Å²) in [6.45, 7) is 4.00. The minimum absolute atomic E-state index is 0.0293. The van der Waals surface area contributed by atoms with Crippen LogP contribution in [0.2, 0.25) is 0 Å². The topological polar surface area (TPSA) is 65.3 Å². The van der Waals surface area contributed by atoms with Gasteiger partial charge < -0.3 is 15.2 Å². The van der Waals surface area contributed by atoms with Crippen LogP contribution >= 0.6 is 0 Å². The number of hydrogen-bond donors (Lipinski definition) is 2. The molecule has 0 amide bonds. The van der Waals surface area contributed by atoms with E-state index in [2.05, 4.69) is 11.4 Å². The highest BCUT2D eigenvalue weighted by molar-refractivity contribution is 5.41. The van der Waals surface area contributed by atoms with Gasteiger partial charge in [-0.25, -0.2) is 0 Å². The van der Waals surface area contributed by atoms with Crippen LogP contribution in [-0.4, -0.2) is 18.3 Å². The zero-order valence-corrected chi connectivity index (χ0v) is 11.1. The van der Waals surface area contributed by atoms with Gasteiger partial charge in [-0.15, -0.1) is 0 Å². The van der Waals surface area contributed by atoms with Gasteiger partial charge in [-0.3, -0.25) is 0 Å². The highest BCUT2D eigenvalue weighted by Crippen LogP contribution is 2.28. The molecule has 0 heterocycles. The monoisotopic (exact) mass is 248 g/mol. The molecule has 0 aromatic heterocycles. The zero-order valence-electron chi connectivity index (χ0n) is 11.1. The minimum atomic E-state index is -0.0293. The van der Waals surface area contributed by atoms with Gasteiger partial charge in [0.1, 0.15) is 11.5 Å². The summed E-state index contributed by atoms with van der Waals surface area (Å²) in [4.78, 5) is 0. The SMILES string of the molecule is CCC(CC#N)NC(C)c1cc(OC)ccc1O. The van der Waals surface area contributed by atoms with Crippen LogP contribution in [0.15, 0.2) is 18.2 Å². The molecule has 18 heavy (non-hydrogen) atoms. The van der Waals surface area contributed by atoms with Gasteiger partial charge in [0.15, 0.2) is 0 Å². The van der Waals surface area contributed by atoms with Crippen LogP contribution in [0.4, 0.5) is 0 Å². The molecule has 2 unspecified atom stereocenters. The molecule has 0 aliphatic rings. The summed E-state index contributed by atoms with van der Waals surface area (Å²) >= 11 is 0. The van der Waals surface area contributed by atoms with Gasteiger partial charge >= 0.3 is 0 Å². The average Bonchev–Trinajstić information content (AvgIpc) is 2.38. The van der Waals surface area contributed by atoms with Gasteiger partial charge in [0.2, 0.25) is 0 Å². The molecule has 2 atom stereocenters. The molecule has 0 saturated heterocycles. The van der Waals surface area contributed by atoms with E-state index in [1.165, 1.54) is 0 Å². The van der Waals surface area contributed by atoms with E-state index in [0.717, 1.165) is 12.0 Å². The third-order valence-electron chi connectivity index (χ3n) is 3.02. The first kappa shape index (κ1) is 14.3. The van der Waals surface area contributed by atoms with Crippen molar-refractivity contribution in [2.45, 2.75) is 38.8 Å². The average molecular weight is 248 g/mol. The molecule has 0 spiro atoms. The first-order chi connectivity index (χ1) is 8.62. The second-order valence-electron chi connectivity index (χ2n) is 4.28. The number of aromatic hydroxyl groups is 1. The van der Waals surface area contributed by atoms with Gasteiger partial charge in [-0.05, 0) is 31.5 Å². The molecule has 1 aromatic rings. The van der Waals surface area contributed by atoms with Gasteiger partial charge in [0, 0.05) is 17.6 Å². The molecule has 0 aliphatic heterocycles. The predicted molar refractivity (Wildman–Crippen MR) is 70.5 cm³/mol. The highest BCUT2D eigenvalue weighted by atomic mass is 16.5. The Morgan fingerprint density at radius 1 is 1.50 bits per heavy atom. The Morgan fingerprint density at radius 3 is 2.78 bits per heavy atom. The van der Waals surface area contributed by atoms with Gasteiger partial charge in [0.05, 0.1) is 19.6 Å². The van der Waals surface area contributed by atoms with Crippen LogP contribution in [0.5, 0.6) is 11.5 Å². The Labute approximate surface area is 108 Å². The number of hydrogen-bond acceptors (Lipinski definition) is 4. The van der Waals surface area contributed by atoms with Gasteiger partial charge in [0.25, 0.3) is 0 Å². The van der Waals surface area contributed by atoms with Crippen LogP contribution in [0, 0.1) is 11.3 Å². The lowest BCUT2D eigenvalue weighted by Crippen LogP contribution is -2.30. The van der Waals surface area contributed by atoms with E-state index in [0.29, 0.717) is 12.2 Å². The molecule has 1 rings (SSSR count). The van der Waals surface area contributed by atoms with Crippen LogP contribution in [0.3, 0.4) is 0 Å². The zero-order chi connectivity index (χ0) is 13.5. The molecule has 4 nitrogen and oxygen atoms in total. The lowest BCUT2D eigenvalue weighted by atomic mass is 10.0. The Balaban J connectivity index is 2.82. The van der Waals surface area contributed by atoms with E-state index in [1.807, 2.05) is 19.9 Å². The predicted octanol–water partition coefficient (Wildman–Crippen LogP) is 2.74. The normalized spacial score (nSPS) is 13.7. The summed E-state index contributed by atoms with van der Waals surface area (Å²) in [6.07, 6.45) is 1.34. The molecule has 0 aliphatic carbocycles. The van der Waals surface area contributed by atoms with Crippen LogP contribution in [0.25, 0.3) is 0 Å². The lowest BCUT2D eigenvalue weighted by Gasteiger charge is -2.21. The number of nitrogens with one attached hydrogen (secondary N) is 1. The first-order valence-corrected chi connectivity index (χ1v) is 6.12. The summed E-state index contributed by atoms with van der Waals surface area (Å²) < 4.78 is 5.15.